The van der Waals surface area contributed by atoms with E-state index in [-0.39, 0.29) is 36.5 Å². The largest absolute Gasteiger partial charge is 0.496 e. The standard InChI is InChI=1S/C16H19F2NO5/c1-9-7-12(23-2)11(15(21)22)8-10(9)14(20)19-13-3-5-24-6-4-16(13,17)18/h7-8,13H,3-6H2,1-2H3,(H,19,20)(H,21,22). The fraction of sp³-hybridized carbons (Fsp3) is 0.500. The van der Waals surface area contributed by atoms with Gasteiger partial charge in [0.1, 0.15) is 11.3 Å². The summed E-state index contributed by atoms with van der Waals surface area (Å²) in [5, 5.41) is 11.5. The molecule has 0 bridgehead atoms. The van der Waals surface area contributed by atoms with Crippen molar-refractivity contribution in [3.63, 3.8) is 0 Å². The number of hydrogen-bond donors (Lipinski definition) is 2. The number of methoxy groups -OCH3 is 1. The maximum absolute atomic E-state index is 14.0. The minimum Gasteiger partial charge on any atom is -0.496 e. The summed E-state index contributed by atoms with van der Waals surface area (Å²) in [6.07, 6.45) is -0.486. The summed E-state index contributed by atoms with van der Waals surface area (Å²) in [5.41, 5.74) is 0.251. The Morgan fingerprint density at radius 3 is 2.67 bits per heavy atom. The van der Waals surface area contributed by atoms with Gasteiger partial charge >= 0.3 is 5.97 Å². The van der Waals surface area contributed by atoms with Crippen LogP contribution < -0.4 is 10.1 Å². The van der Waals surface area contributed by atoms with Crippen LogP contribution in [0.15, 0.2) is 12.1 Å². The Hall–Kier alpha value is -2.22. The number of alkyl halides is 2. The van der Waals surface area contributed by atoms with Crippen molar-refractivity contribution in [2.75, 3.05) is 20.3 Å². The van der Waals surface area contributed by atoms with Gasteiger partial charge in [-0.3, -0.25) is 4.79 Å². The smallest absolute Gasteiger partial charge is 0.339 e. The Labute approximate surface area is 137 Å². The molecule has 1 atom stereocenters. The van der Waals surface area contributed by atoms with Crippen LogP contribution in [0.2, 0.25) is 0 Å². The van der Waals surface area contributed by atoms with Crippen molar-refractivity contribution in [2.24, 2.45) is 0 Å². The predicted octanol–water partition coefficient (Wildman–Crippen LogP) is 2.25. The van der Waals surface area contributed by atoms with E-state index in [4.69, 9.17) is 9.47 Å². The van der Waals surface area contributed by atoms with Gasteiger partial charge in [0.25, 0.3) is 11.8 Å². The van der Waals surface area contributed by atoms with Crippen LogP contribution in [0.1, 0.15) is 39.1 Å². The number of benzene rings is 1. The van der Waals surface area contributed by atoms with E-state index in [2.05, 4.69) is 5.32 Å². The highest BCUT2D eigenvalue weighted by molar-refractivity contribution is 6.00. The van der Waals surface area contributed by atoms with Crippen LogP contribution >= 0.6 is 0 Å². The summed E-state index contributed by atoms with van der Waals surface area (Å²) >= 11 is 0. The maximum Gasteiger partial charge on any atom is 0.339 e. The highest BCUT2D eigenvalue weighted by Crippen LogP contribution is 2.29. The Bertz CT molecular complexity index is 648. The molecule has 24 heavy (non-hydrogen) atoms. The molecule has 0 aliphatic carbocycles. The first-order valence-corrected chi connectivity index (χ1v) is 7.44. The summed E-state index contributed by atoms with van der Waals surface area (Å²) in [6.45, 7) is 1.64. The molecule has 0 radical (unpaired) electrons. The van der Waals surface area contributed by atoms with E-state index in [1.807, 2.05) is 0 Å². The second kappa shape index (κ2) is 7.12. The zero-order valence-corrected chi connectivity index (χ0v) is 13.4. The molecule has 1 saturated heterocycles. The number of carboxylic acid groups (broad SMARTS) is 1. The fourth-order valence-electron chi connectivity index (χ4n) is 2.57. The van der Waals surface area contributed by atoms with E-state index < -0.39 is 30.3 Å². The van der Waals surface area contributed by atoms with Crippen molar-refractivity contribution in [1.29, 1.82) is 0 Å². The predicted molar refractivity (Wildman–Crippen MR) is 80.9 cm³/mol. The lowest BCUT2D eigenvalue weighted by molar-refractivity contribution is -0.0419. The van der Waals surface area contributed by atoms with Crippen molar-refractivity contribution in [2.45, 2.75) is 31.7 Å². The molecule has 0 aromatic heterocycles. The van der Waals surface area contributed by atoms with Crippen LogP contribution in [0.25, 0.3) is 0 Å². The summed E-state index contributed by atoms with van der Waals surface area (Å²) in [4.78, 5) is 23.6. The van der Waals surface area contributed by atoms with Gasteiger partial charge in [-0.25, -0.2) is 13.6 Å². The van der Waals surface area contributed by atoms with Gasteiger partial charge in [0.2, 0.25) is 0 Å². The minimum atomic E-state index is -3.08. The van der Waals surface area contributed by atoms with Crippen molar-refractivity contribution in [1.82, 2.24) is 5.32 Å². The number of carbonyl (C=O) groups excluding carboxylic acids is 1. The van der Waals surface area contributed by atoms with Gasteiger partial charge in [0, 0.05) is 18.6 Å². The molecular formula is C16H19F2NO5. The highest BCUT2D eigenvalue weighted by atomic mass is 19.3. The van der Waals surface area contributed by atoms with Gasteiger partial charge < -0.3 is 19.9 Å². The second-order valence-electron chi connectivity index (χ2n) is 5.61. The molecule has 1 amide bonds. The third kappa shape index (κ3) is 3.81. The minimum absolute atomic E-state index is 0.0142. The van der Waals surface area contributed by atoms with Gasteiger partial charge in [-0.1, -0.05) is 0 Å². The lowest BCUT2D eigenvalue weighted by atomic mass is 10.0. The molecule has 8 heteroatoms. The maximum atomic E-state index is 14.0. The lowest BCUT2D eigenvalue weighted by Gasteiger charge is -2.25. The summed E-state index contributed by atoms with van der Waals surface area (Å²) in [7, 11) is 1.31. The van der Waals surface area contributed by atoms with Crippen LogP contribution in [-0.2, 0) is 4.74 Å². The van der Waals surface area contributed by atoms with Crippen LogP contribution in [0.4, 0.5) is 8.78 Å². The zero-order valence-electron chi connectivity index (χ0n) is 13.4. The van der Waals surface area contributed by atoms with E-state index >= 15 is 0 Å². The van der Waals surface area contributed by atoms with Crippen molar-refractivity contribution < 1.29 is 33.0 Å². The number of nitrogens with one attached hydrogen (secondary N) is 1. The Morgan fingerprint density at radius 1 is 1.33 bits per heavy atom. The third-order valence-electron chi connectivity index (χ3n) is 3.97. The number of amides is 1. The quantitative estimate of drug-likeness (QED) is 0.876. The molecule has 1 aliphatic heterocycles. The molecule has 1 heterocycles. The summed E-state index contributed by atoms with van der Waals surface area (Å²) < 4.78 is 38.0. The molecule has 1 fully saturated rings. The SMILES string of the molecule is COc1cc(C)c(C(=O)NC2CCOCCC2(F)F)cc1C(=O)O. The van der Waals surface area contributed by atoms with Gasteiger partial charge in [0.15, 0.2) is 0 Å². The summed E-state index contributed by atoms with van der Waals surface area (Å²) in [6, 6.07) is 1.17. The Kier molecular flexibility index (Phi) is 5.38. The van der Waals surface area contributed by atoms with Crippen LogP contribution in [0, 0.1) is 6.92 Å². The lowest BCUT2D eigenvalue weighted by Crippen LogP contribution is -2.47. The number of aryl methyl sites for hydroxylation is 1. The number of ether oxygens (including phenoxy) is 2. The molecule has 132 valence electrons. The number of carboxylic acids is 1. The fourth-order valence-corrected chi connectivity index (χ4v) is 2.57. The number of carbonyl (C=O) groups is 2. The van der Waals surface area contributed by atoms with Crippen molar-refractivity contribution >= 4 is 11.9 Å². The molecule has 1 aromatic rings. The van der Waals surface area contributed by atoms with E-state index in [9.17, 15) is 23.5 Å². The van der Waals surface area contributed by atoms with Gasteiger partial charge in [-0.15, -0.1) is 0 Å². The topological polar surface area (TPSA) is 84.9 Å². The Morgan fingerprint density at radius 2 is 2.04 bits per heavy atom. The number of rotatable bonds is 4. The molecule has 1 aliphatic rings. The van der Waals surface area contributed by atoms with E-state index in [1.54, 1.807) is 6.92 Å². The summed E-state index contributed by atoms with van der Waals surface area (Å²) in [5.74, 6) is -5.00. The molecule has 1 aromatic carbocycles. The first-order chi connectivity index (χ1) is 11.3. The van der Waals surface area contributed by atoms with E-state index in [0.717, 1.165) is 6.07 Å². The van der Waals surface area contributed by atoms with Gasteiger partial charge in [-0.2, -0.15) is 0 Å². The monoisotopic (exact) mass is 343 g/mol. The van der Waals surface area contributed by atoms with Crippen LogP contribution in [-0.4, -0.2) is 49.3 Å². The first-order valence-electron chi connectivity index (χ1n) is 7.44. The van der Waals surface area contributed by atoms with E-state index in [0.29, 0.717) is 5.56 Å². The molecule has 2 N–H and O–H groups in total. The first kappa shape index (κ1) is 18.1. The molecule has 0 saturated carbocycles. The van der Waals surface area contributed by atoms with Crippen LogP contribution in [0.5, 0.6) is 5.75 Å². The number of aromatic carboxylic acids is 1. The van der Waals surface area contributed by atoms with E-state index in [1.165, 1.54) is 13.2 Å². The van der Waals surface area contributed by atoms with Crippen molar-refractivity contribution in [3.05, 3.63) is 28.8 Å². The Balaban J connectivity index is 2.29. The van der Waals surface area contributed by atoms with Gasteiger partial charge in [0.05, 0.1) is 19.8 Å². The number of hydrogen-bond acceptors (Lipinski definition) is 4. The highest BCUT2D eigenvalue weighted by Gasteiger charge is 2.41. The normalized spacial score (nSPS) is 20.1. The van der Waals surface area contributed by atoms with Crippen LogP contribution in [0.3, 0.4) is 0 Å². The molecule has 6 nitrogen and oxygen atoms in total. The average molecular weight is 343 g/mol. The molecule has 0 spiro atoms. The number of halogens is 2. The molecule has 1 unspecified atom stereocenters. The third-order valence-corrected chi connectivity index (χ3v) is 3.97. The molecule has 2 rings (SSSR count). The molecular weight excluding hydrogens is 324 g/mol. The zero-order chi connectivity index (χ0) is 17.9. The second-order valence-corrected chi connectivity index (χ2v) is 5.61. The average Bonchev–Trinajstić information content (AvgIpc) is 2.67. The van der Waals surface area contributed by atoms with Crippen molar-refractivity contribution in [3.8, 4) is 5.75 Å². The van der Waals surface area contributed by atoms with Gasteiger partial charge in [-0.05, 0) is 31.0 Å².